The molecule has 0 aliphatic heterocycles. The number of halogens is 1. The smallest absolute Gasteiger partial charge is 0.244 e. The van der Waals surface area contributed by atoms with Crippen LogP contribution in [0.3, 0.4) is 0 Å². The van der Waals surface area contributed by atoms with E-state index in [1.165, 1.54) is 32.1 Å². The zero-order valence-electron chi connectivity index (χ0n) is 18.5. The van der Waals surface area contributed by atoms with E-state index < -0.39 is 0 Å². The van der Waals surface area contributed by atoms with Crippen molar-refractivity contribution in [2.75, 3.05) is 13.2 Å². The Morgan fingerprint density at radius 2 is 1.77 bits per heavy atom. The van der Waals surface area contributed by atoms with E-state index in [4.69, 9.17) is 9.47 Å². The van der Waals surface area contributed by atoms with Gasteiger partial charge in [-0.3, -0.25) is 4.79 Å². The van der Waals surface area contributed by atoms with Gasteiger partial charge in [-0.25, -0.2) is 5.43 Å². The van der Waals surface area contributed by atoms with Crippen LogP contribution in [0.4, 0.5) is 0 Å². The Balaban J connectivity index is 1.90. The minimum atomic E-state index is -0.162. The van der Waals surface area contributed by atoms with Crippen LogP contribution in [0.15, 0.2) is 52.0 Å². The summed E-state index contributed by atoms with van der Waals surface area (Å²) in [7, 11) is 0. The Kier molecular flexibility index (Phi) is 11.8. The number of amides is 1. The highest BCUT2D eigenvalue weighted by molar-refractivity contribution is 9.10. The van der Waals surface area contributed by atoms with Gasteiger partial charge < -0.3 is 9.47 Å². The molecule has 6 heteroatoms. The zero-order chi connectivity index (χ0) is 22.3. The molecule has 0 spiro atoms. The van der Waals surface area contributed by atoms with Gasteiger partial charge in [-0.15, -0.1) is 0 Å². The molecule has 0 aliphatic carbocycles. The van der Waals surface area contributed by atoms with E-state index >= 15 is 0 Å². The van der Waals surface area contributed by atoms with E-state index in [0.717, 1.165) is 22.0 Å². The summed E-state index contributed by atoms with van der Waals surface area (Å²) < 4.78 is 12.6. The second-order valence-electron chi connectivity index (χ2n) is 7.33. The molecule has 0 unspecified atom stereocenters. The second kappa shape index (κ2) is 14.6. The van der Waals surface area contributed by atoms with Gasteiger partial charge in [-0.2, -0.15) is 5.10 Å². The van der Waals surface area contributed by atoms with Gasteiger partial charge in [0, 0.05) is 0 Å². The first kappa shape index (κ1) is 24.9. The number of nitrogens with one attached hydrogen (secondary N) is 1. The number of hydrazone groups is 1. The summed E-state index contributed by atoms with van der Waals surface area (Å²) in [4.78, 5) is 12.0. The molecule has 0 atom stereocenters. The predicted octanol–water partition coefficient (Wildman–Crippen LogP) is 6.28. The van der Waals surface area contributed by atoms with Crippen LogP contribution in [-0.2, 0) is 11.2 Å². The quantitative estimate of drug-likeness (QED) is 0.193. The molecule has 2 aromatic carbocycles. The van der Waals surface area contributed by atoms with Crippen molar-refractivity contribution >= 4 is 28.1 Å². The van der Waals surface area contributed by atoms with Crippen molar-refractivity contribution in [1.29, 1.82) is 0 Å². The first-order valence-corrected chi connectivity index (χ1v) is 11.9. The molecule has 0 saturated heterocycles. The van der Waals surface area contributed by atoms with Crippen molar-refractivity contribution < 1.29 is 14.3 Å². The summed E-state index contributed by atoms with van der Waals surface area (Å²) in [6.45, 7) is 5.36. The lowest BCUT2D eigenvalue weighted by Gasteiger charge is -2.14. The van der Waals surface area contributed by atoms with E-state index in [9.17, 15) is 4.79 Å². The van der Waals surface area contributed by atoms with Crippen LogP contribution < -0.4 is 14.9 Å². The molecule has 2 aromatic rings. The van der Waals surface area contributed by atoms with Crippen LogP contribution in [0.5, 0.6) is 11.5 Å². The summed E-state index contributed by atoms with van der Waals surface area (Å²) in [5.74, 6) is 1.21. The Bertz CT molecular complexity index is 825. The van der Waals surface area contributed by atoms with Crippen LogP contribution in [-0.4, -0.2) is 25.3 Å². The molecule has 31 heavy (non-hydrogen) atoms. The Morgan fingerprint density at radius 3 is 2.52 bits per heavy atom. The van der Waals surface area contributed by atoms with Gasteiger partial charge in [-0.05, 0) is 52.5 Å². The third-order valence-corrected chi connectivity index (χ3v) is 5.28. The lowest BCUT2D eigenvalue weighted by Crippen LogP contribution is -2.19. The lowest BCUT2D eigenvalue weighted by molar-refractivity contribution is -0.120. The van der Waals surface area contributed by atoms with Crippen LogP contribution >= 0.6 is 15.9 Å². The molecule has 168 valence electrons. The van der Waals surface area contributed by atoms with Crippen LogP contribution in [0.25, 0.3) is 0 Å². The molecule has 0 aliphatic rings. The number of unbranched alkanes of at least 4 members (excludes halogenated alkanes) is 5. The fourth-order valence-electron chi connectivity index (χ4n) is 3.12. The fraction of sp³-hybridized carbons (Fsp3) is 0.440. The van der Waals surface area contributed by atoms with Crippen molar-refractivity contribution in [3.05, 3.63) is 58.1 Å². The van der Waals surface area contributed by atoms with Crippen LogP contribution in [0.2, 0.25) is 0 Å². The lowest BCUT2D eigenvalue weighted by atomic mass is 10.1. The van der Waals surface area contributed by atoms with Gasteiger partial charge >= 0.3 is 0 Å². The zero-order valence-corrected chi connectivity index (χ0v) is 20.1. The van der Waals surface area contributed by atoms with Gasteiger partial charge in [0.15, 0.2) is 11.5 Å². The summed E-state index contributed by atoms with van der Waals surface area (Å²) in [5, 5.41) is 4.08. The first-order chi connectivity index (χ1) is 15.1. The topological polar surface area (TPSA) is 59.9 Å². The molecule has 0 bridgehead atoms. The molecular weight excluding hydrogens is 456 g/mol. The summed E-state index contributed by atoms with van der Waals surface area (Å²) >= 11 is 3.58. The number of carbonyl (C=O) groups is 1. The number of hydrogen-bond acceptors (Lipinski definition) is 4. The molecule has 0 saturated carbocycles. The maximum Gasteiger partial charge on any atom is 0.244 e. The average molecular weight is 489 g/mol. The Morgan fingerprint density at radius 1 is 1.03 bits per heavy atom. The molecule has 0 fully saturated rings. The van der Waals surface area contributed by atoms with Gasteiger partial charge in [0.2, 0.25) is 5.91 Å². The largest absolute Gasteiger partial charge is 0.490 e. The minimum Gasteiger partial charge on any atom is -0.490 e. The fourth-order valence-corrected chi connectivity index (χ4v) is 3.70. The van der Waals surface area contributed by atoms with Gasteiger partial charge in [0.05, 0.1) is 30.3 Å². The highest BCUT2D eigenvalue weighted by Gasteiger charge is 2.12. The highest BCUT2D eigenvalue weighted by atomic mass is 79.9. The van der Waals surface area contributed by atoms with Gasteiger partial charge in [0.25, 0.3) is 0 Å². The van der Waals surface area contributed by atoms with Crippen LogP contribution in [0.1, 0.15) is 63.5 Å². The standard InChI is InChI=1S/C25H33BrN2O3/c1-3-5-6-7-8-12-15-31-25-22(26)16-21(17-23(25)30-4-2)19-27-28-24(29)18-20-13-10-9-11-14-20/h9-11,13-14,16-17,19H,3-8,12,15,18H2,1-2H3,(H,28,29)/b27-19+. The first-order valence-electron chi connectivity index (χ1n) is 11.1. The third kappa shape index (κ3) is 9.55. The van der Waals surface area contributed by atoms with Gasteiger partial charge in [-0.1, -0.05) is 69.4 Å². The van der Waals surface area contributed by atoms with E-state index in [1.807, 2.05) is 49.4 Å². The predicted molar refractivity (Wildman–Crippen MR) is 130 cm³/mol. The molecule has 5 nitrogen and oxygen atoms in total. The number of nitrogens with zero attached hydrogens (tertiary/aromatic N) is 1. The second-order valence-corrected chi connectivity index (χ2v) is 8.19. The normalized spacial score (nSPS) is 10.9. The summed E-state index contributed by atoms with van der Waals surface area (Å²) in [5.41, 5.74) is 4.33. The van der Waals surface area contributed by atoms with Crippen molar-refractivity contribution in [1.82, 2.24) is 5.43 Å². The molecule has 0 radical (unpaired) electrons. The molecule has 1 N–H and O–H groups in total. The minimum absolute atomic E-state index is 0.162. The molecular formula is C25H33BrN2O3. The molecule has 2 rings (SSSR count). The third-order valence-electron chi connectivity index (χ3n) is 4.69. The molecule has 1 amide bonds. The Hall–Kier alpha value is -2.34. The SMILES string of the molecule is CCCCCCCCOc1c(Br)cc(/C=N/NC(=O)Cc2ccccc2)cc1OCC. The number of rotatable bonds is 14. The van der Waals surface area contributed by atoms with E-state index in [-0.39, 0.29) is 12.3 Å². The van der Waals surface area contributed by atoms with Gasteiger partial charge in [0.1, 0.15) is 0 Å². The monoisotopic (exact) mass is 488 g/mol. The van der Waals surface area contributed by atoms with Crippen molar-refractivity contribution in [3.63, 3.8) is 0 Å². The summed E-state index contributed by atoms with van der Waals surface area (Å²) in [6.07, 6.45) is 9.20. The molecule has 0 heterocycles. The van der Waals surface area contributed by atoms with Crippen molar-refractivity contribution in [2.24, 2.45) is 5.10 Å². The highest BCUT2D eigenvalue weighted by Crippen LogP contribution is 2.36. The van der Waals surface area contributed by atoms with Crippen molar-refractivity contribution in [3.8, 4) is 11.5 Å². The average Bonchev–Trinajstić information content (AvgIpc) is 2.75. The van der Waals surface area contributed by atoms with E-state index in [2.05, 4.69) is 33.4 Å². The maximum atomic E-state index is 12.0. The van der Waals surface area contributed by atoms with E-state index in [1.54, 1.807) is 6.21 Å². The number of carbonyl (C=O) groups excluding carboxylic acids is 1. The van der Waals surface area contributed by atoms with E-state index in [0.29, 0.717) is 24.7 Å². The van der Waals surface area contributed by atoms with Crippen molar-refractivity contribution in [2.45, 2.75) is 58.8 Å². The number of benzene rings is 2. The molecule has 0 aromatic heterocycles. The maximum absolute atomic E-state index is 12.0. The van der Waals surface area contributed by atoms with Crippen LogP contribution in [0, 0.1) is 0 Å². The number of ether oxygens (including phenoxy) is 2. The number of hydrogen-bond donors (Lipinski definition) is 1. The summed E-state index contributed by atoms with van der Waals surface area (Å²) in [6, 6.07) is 13.4. The Labute approximate surface area is 194 Å².